The van der Waals surface area contributed by atoms with Crippen LogP contribution >= 0.6 is 0 Å². The van der Waals surface area contributed by atoms with Gasteiger partial charge in [0.15, 0.2) is 11.5 Å². The third kappa shape index (κ3) is 6.34. The Balaban J connectivity index is 3.79. The lowest BCUT2D eigenvalue weighted by atomic mass is 9.83. The Kier molecular flexibility index (Phi) is 9.56. The van der Waals surface area contributed by atoms with E-state index in [0.717, 1.165) is 0 Å². The van der Waals surface area contributed by atoms with Crippen molar-refractivity contribution in [3.8, 4) is 11.5 Å². The molecular weight excluding hydrogens is 386 g/mol. The van der Waals surface area contributed by atoms with Gasteiger partial charge in [-0.25, -0.2) is 0 Å². The van der Waals surface area contributed by atoms with Gasteiger partial charge in [0, 0.05) is 42.2 Å². The first-order chi connectivity index (χ1) is 14.1. The van der Waals surface area contributed by atoms with Crippen LogP contribution in [-0.2, 0) is 4.79 Å². The summed E-state index contributed by atoms with van der Waals surface area (Å²) < 4.78 is 10.7. The van der Waals surface area contributed by atoms with Crippen LogP contribution in [0, 0.1) is 22.0 Å². The Morgan fingerprint density at radius 2 is 1.73 bits per heavy atom. The molecule has 0 amide bonds. The zero-order valence-electron chi connectivity index (χ0n) is 18.9. The summed E-state index contributed by atoms with van der Waals surface area (Å²) in [5.41, 5.74) is 1.06. The maximum atomic E-state index is 12.4. The smallest absolute Gasteiger partial charge is 0.249 e. The molecule has 1 atom stereocenters. The van der Waals surface area contributed by atoms with Crippen LogP contribution in [0.25, 0.3) is 0 Å². The molecule has 7 nitrogen and oxygen atoms in total. The molecule has 1 rings (SSSR count). The lowest BCUT2D eigenvalue weighted by Gasteiger charge is -2.22. The Morgan fingerprint density at radius 3 is 2.17 bits per heavy atom. The van der Waals surface area contributed by atoms with Gasteiger partial charge in [0.05, 0.1) is 24.9 Å². The standard InChI is InChI=1S/C23H33NO6/c1-8-17(25)12-18(16-9-10-21(29-6)22(11-16)30-7)19(23(26)15(4)5)13-20(14(2)3)24(27)28/h9-11,13-15,18,26H,8,12H2,1-7H3/b20-13+,23-19-. The van der Waals surface area contributed by atoms with Crippen LogP contribution < -0.4 is 9.47 Å². The number of benzene rings is 1. The van der Waals surface area contributed by atoms with Gasteiger partial charge < -0.3 is 14.6 Å². The van der Waals surface area contributed by atoms with Crippen LogP contribution in [0.2, 0.25) is 0 Å². The highest BCUT2D eigenvalue weighted by molar-refractivity contribution is 5.79. The van der Waals surface area contributed by atoms with Crippen molar-refractivity contribution in [3.63, 3.8) is 0 Å². The van der Waals surface area contributed by atoms with Crippen LogP contribution in [0.15, 0.2) is 41.3 Å². The summed E-state index contributed by atoms with van der Waals surface area (Å²) in [5, 5.41) is 22.5. The van der Waals surface area contributed by atoms with Gasteiger partial charge in [0.2, 0.25) is 5.70 Å². The average Bonchev–Trinajstić information content (AvgIpc) is 2.71. The Labute approximate surface area is 178 Å². The van der Waals surface area contributed by atoms with Gasteiger partial charge in [-0.15, -0.1) is 0 Å². The normalized spacial score (nSPS) is 13.8. The zero-order valence-corrected chi connectivity index (χ0v) is 18.9. The minimum Gasteiger partial charge on any atom is -0.512 e. The predicted octanol–water partition coefficient (Wildman–Crippen LogP) is 5.44. The average molecular weight is 420 g/mol. The minimum atomic E-state index is -0.562. The van der Waals surface area contributed by atoms with Crippen LogP contribution in [0.4, 0.5) is 0 Å². The summed E-state index contributed by atoms with van der Waals surface area (Å²) in [6, 6.07) is 5.26. The van der Waals surface area contributed by atoms with Crippen LogP contribution in [0.3, 0.4) is 0 Å². The van der Waals surface area contributed by atoms with Crippen molar-refractivity contribution in [2.75, 3.05) is 14.2 Å². The van der Waals surface area contributed by atoms with Crippen molar-refractivity contribution in [2.24, 2.45) is 11.8 Å². The topological polar surface area (TPSA) is 98.9 Å². The number of Topliss-reactive ketones (excluding diaryl/α,β-unsaturated/α-hetero) is 1. The number of ketones is 1. The van der Waals surface area contributed by atoms with Gasteiger partial charge in [0.25, 0.3) is 0 Å². The predicted molar refractivity (Wildman–Crippen MR) is 117 cm³/mol. The summed E-state index contributed by atoms with van der Waals surface area (Å²) in [5.74, 6) is -0.158. The number of carbonyl (C=O) groups excluding carboxylic acids is 1. The van der Waals surface area contributed by atoms with Gasteiger partial charge in [0.1, 0.15) is 5.78 Å². The lowest BCUT2D eigenvalue weighted by molar-refractivity contribution is -0.432. The number of carbonyl (C=O) groups is 1. The molecule has 1 N–H and O–H groups in total. The van der Waals surface area contributed by atoms with Crippen LogP contribution in [0.5, 0.6) is 11.5 Å². The van der Waals surface area contributed by atoms with Gasteiger partial charge in [-0.1, -0.05) is 40.7 Å². The second-order valence-corrected chi connectivity index (χ2v) is 7.74. The SMILES string of the molecule is CCC(=O)CC(C(/C=C(\C(C)C)[N+](=O)[O-])=C(\O)C(C)C)c1ccc(OC)c(OC)c1. The highest BCUT2D eigenvalue weighted by Crippen LogP contribution is 2.38. The summed E-state index contributed by atoms with van der Waals surface area (Å²) in [4.78, 5) is 23.6. The molecule has 1 aromatic rings. The highest BCUT2D eigenvalue weighted by Gasteiger charge is 2.27. The number of hydrogen-bond acceptors (Lipinski definition) is 6. The Morgan fingerprint density at radius 1 is 1.13 bits per heavy atom. The number of nitro groups is 1. The fourth-order valence-electron chi connectivity index (χ4n) is 3.12. The third-order valence-electron chi connectivity index (χ3n) is 4.96. The Bertz CT molecular complexity index is 823. The number of hydrogen-bond donors (Lipinski definition) is 1. The molecule has 0 aliphatic heterocycles. The molecular formula is C23H33NO6. The quantitative estimate of drug-likeness (QED) is 0.222. The van der Waals surface area contributed by atoms with E-state index >= 15 is 0 Å². The van der Waals surface area contributed by atoms with E-state index in [0.29, 0.717) is 29.1 Å². The molecule has 0 bridgehead atoms. The molecule has 0 spiro atoms. The van der Waals surface area contributed by atoms with E-state index in [4.69, 9.17) is 9.47 Å². The molecule has 1 unspecified atom stereocenters. The molecule has 1 aromatic carbocycles. The molecule has 0 aliphatic carbocycles. The molecule has 0 fully saturated rings. The van der Waals surface area contributed by atoms with E-state index in [9.17, 15) is 20.0 Å². The summed E-state index contributed by atoms with van der Waals surface area (Å²) in [7, 11) is 3.04. The zero-order chi connectivity index (χ0) is 23.0. The number of allylic oxidation sites excluding steroid dienone is 4. The lowest BCUT2D eigenvalue weighted by Crippen LogP contribution is -2.15. The summed E-state index contributed by atoms with van der Waals surface area (Å²) >= 11 is 0. The summed E-state index contributed by atoms with van der Waals surface area (Å²) in [6.07, 6.45) is 1.86. The Hall–Kier alpha value is -2.83. The van der Waals surface area contributed by atoms with E-state index in [1.165, 1.54) is 20.3 Å². The highest BCUT2D eigenvalue weighted by atomic mass is 16.6. The van der Waals surface area contributed by atoms with Crippen LogP contribution in [-0.4, -0.2) is 30.0 Å². The number of nitrogens with zero attached hydrogens (tertiary/aromatic N) is 1. The number of aliphatic hydroxyl groups excluding tert-OH is 1. The number of methoxy groups -OCH3 is 2. The van der Waals surface area contributed by atoms with Crippen molar-refractivity contribution >= 4 is 5.78 Å². The molecule has 0 aromatic heterocycles. The van der Waals surface area contributed by atoms with Gasteiger partial charge in [-0.3, -0.25) is 14.9 Å². The summed E-state index contributed by atoms with van der Waals surface area (Å²) in [6.45, 7) is 8.82. The number of rotatable bonds is 11. The molecule has 166 valence electrons. The van der Waals surface area contributed by atoms with E-state index < -0.39 is 10.8 Å². The molecule has 0 aliphatic rings. The first kappa shape index (κ1) is 25.2. The van der Waals surface area contributed by atoms with E-state index in [1.807, 2.05) is 0 Å². The molecule has 7 heteroatoms. The van der Waals surface area contributed by atoms with E-state index in [-0.39, 0.29) is 35.5 Å². The maximum Gasteiger partial charge on any atom is 0.249 e. The van der Waals surface area contributed by atoms with Gasteiger partial charge in [-0.2, -0.15) is 0 Å². The maximum absolute atomic E-state index is 12.4. The molecule has 30 heavy (non-hydrogen) atoms. The fourth-order valence-corrected chi connectivity index (χ4v) is 3.12. The molecule has 0 heterocycles. The van der Waals surface area contributed by atoms with E-state index in [2.05, 4.69) is 0 Å². The van der Waals surface area contributed by atoms with Crippen molar-refractivity contribution in [1.82, 2.24) is 0 Å². The van der Waals surface area contributed by atoms with Gasteiger partial charge >= 0.3 is 0 Å². The van der Waals surface area contributed by atoms with E-state index in [1.54, 1.807) is 52.8 Å². The largest absolute Gasteiger partial charge is 0.512 e. The molecule has 0 radical (unpaired) electrons. The molecule has 0 saturated heterocycles. The number of aliphatic hydroxyl groups is 1. The van der Waals surface area contributed by atoms with Crippen LogP contribution in [0.1, 0.15) is 58.9 Å². The fraction of sp³-hybridized carbons (Fsp3) is 0.522. The van der Waals surface area contributed by atoms with Crippen molar-refractivity contribution in [1.29, 1.82) is 0 Å². The minimum absolute atomic E-state index is 0.00978. The number of ether oxygens (including phenoxy) is 2. The van der Waals surface area contributed by atoms with Crippen molar-refractivity contribution in [3.05, 3.63) is 57.0 Å². The third-order valence-corrected chi connectivity index (χ3v) is 4.96. The van der Waals surface area contributed by atoms with Crippen molar-refractivity contribution in [2.45, 2.75) is 53.4 Å². The molecule has 0 saturated carbocycles. The second kappa shape index (κ2) is 11.4. The van der Waals surface area contributed by atoms with Crippen molar-refractivity contribution < 1.29 is 24.3 Å². The van der Waals surface area contributed by atoms with Gasteiger partial charge in [-0.05, 0) is 17.7 Å². The first-order valence-corrected chi connectivity index (χ1v) is 10.1. The first-order valence-electron chi connectivity index (χ1n) is 10.1. The monoisotopic (exact) mass is 419 g/mol. The second-order valence-electron chi connectivity index (χ2n) is 7.74.